The normalized spacial score (nSPS) is 12.7. The monoisotopic (exact) mass is 264 g/mol. The third kappa shape index (κ3) is 3.02. The molecule has 0 bridgehead atoms. The lowest BCUT2D eigenvalue weighted by molar-refractivity contribution is -0.139. The minimum absolute atomic E-state index is 0.0889. The van der Waals surface area contributed by atoms with E-state index in [9.17, 15) is 10.1 Å². The highest BCUT2D eigenvalue weighted by Gasteiger charge is 2.30. The summed E-state index contributed by atoms with van der Waals surface area (Å²) in [6.07, 6.45) is 0. The van der Waals surface area contributed by atoms with Crippen LogP contribution in [-0.2, 0) is 4.79 Å². The van der Waals surface area contributed by atoms with E-state index in [4.69, 9.17) is 11.6 Å². The van der Waals surface area contributed by atoms with E-state index in [1.54, 1.807) is 31.3 Å². The highest BCUT2D eigenvalue weighted by atomic mass is 35.5. The number of nitrogens with zero attached hydrogens (tertiary/aromatic N) is 2. The van der Waals surface area contributed by atoms with Gasteiger partial charge in [-0.05, 0) is 6.07 Å². The number of rotatable bonds is 2. The Hall–Kier alpha value is -1.53. The molecule has 0 fully saturated rings. The Balaban J connectivity index is 3.10. The van der Waals surface area contributed by atoms with Crippen LogP contribution in [0.2, 0.25) is 5.02 Å². The molecule has 0 saturated carbocycles. The number of amides is 1. The predicted molar refractivity (Wildman–Crippen MR) is 72.0 cm³/mol. The molecule has 1 rings (SSSR count). The fraction of sp³-hybridized carbons (Fsp3) is 0.429. The number of nitriles is 1. The van der Waals surface area contributed by atoms with Crippen molar-refractivity contribution in [3.05, 3.63) is 34.9 Å². The van der Waals surface area contributed by atoms with Gasteiger partial charge in [-0.2, -0.15) is 5.26 Å². The lowest BCUT2D eigenvalue weighted by Crippen LogP contribution is -2.38. The van der Waals surface area contributed by atoms with E-state index < -0.39 is 11.5 Å². The molecule has 1 amide bonds. The first-order valence-corrected chi connectivity index (χ1v) is 6.08. The van der Waals surface area contributed by atoms with Crippen molar-refractivity contribution in [2.24, 2.45) is 5.41 Å². The second-order valence-corrected chi connectivity index (χ2v) is 5.63. The van der Waals surface area contributed by atoms with E-state index in [1.165, 1.54) is 4.90 Å². The Morgan fingerprint density at radius 3 is 2.39 bits per heavy atom. The van der Waals surface area contributed by atoms with Crippen LogP contribution < -0.4 is 0 Å². The summed E-state index contributed by atoms with van der Waals surface area (Å²) in [5, 5.41) is 9.78. The van der Waals surface area contributed by atoms with E-state index in [0.717, 1.165) is 0 Å². The molecule has 1 atom stereocenters. The topological polar surface area (TPSA) is 44.1 Å². The van der Waals surface area contributed by atoms with Crippen LogP contribution >= 0.6 is 11.6 Å². The number of hydrogen-bond donors (Lipinski definition) is 0. The fourth-order valence-corrected chi connectivity index (χ4v) is 1.95. The molecule has 0 aromatic heterocycles. The second-order valence-electron chi connectivity index (χ2n) is 5.22. The summed E-state index contributed by atoms with van der Waals surface area (Å²) in [5.41, 5.74) is 0.132. The minimum atomic E-state index is -0.662. The van der Waals surface area contributed by atoms with Crippen LogP contribution in [0.3, 0.4) is 0 Å². The van der Waals surface area contributed by atoms with Gasteiger partial charge in [0.25, 0.3) is 0 Å². The maximum atomic E-state index is 12.2. The SMILES string of the molecule is CN(C(=O)C(C)(C)C)C(C#N)c1ccccc1Cl. The maximum Gasteiger partial charge on any atom is 0.229 e. The predicted octanol–water partition coefficient (Wildman–Crippen LogP) is 3.41. The van der Waals surface area contributed by atoms with Gasteiger partial charge >= 0.3 is 0 Å². The van der Waals surface area contributed by atoms with Crippen molar-refractivity contribution in [2.45, 2.75) is 26.8 Å². The molecule has 0 spiro atoms. The molecule has 4 heteroatoms. The summed E-state index contributed by atoms with van der Waals surface area (Å²) in [7, 11) is 1.63. The Bertz CT molecular complexity index is 485. The van der Waals surface area contributed by atoms with Crippen molar-refractivity contribution in [1.82, 2.24) is 4.90 Å². The molecule has 0 aliphatic carbocycles. The molecule has 0 aliphatic rings. The molecular weight excluding hydrogens is 248 g/mol. The Morgan fingerprint density at radius 2 is 1.94 bits per heavy atom. The van der Waals surface area contributed by atoms with Crippen molar-refractivity contribution in [2.75, 3.05) is 7.05 Å². The number of halogens is 1. The fourth-order valence-electron chi connectivity index (χ4n) is 1.71. The zero-order chi connectivity index (χ0) is 13.9. The second kappa shape index (κ2) is 5.41. The molecule has 96 valence electrons. The molecule has 0 saturated heterocycles. The standard InChI is InChI=1S/C14H17ClN2O/c1-14(2,3)13(18)17(4)12(9-16)10-7-5-6-8-11(10)15/h5-8,12H,1-4H3. The van der Waals surface area contributed by atoms with Gasteiger partial charge in [-0.15, -0.1) is 0 Å². The zero-order valence-corrected chi connectivity index (χ0v) is 11.8. The molecule has 1 unspecified atom stereocenters. The molecular formula is C14H17ClN2O. The zero-order valence-electron chi connectivity index (χ0n) is 11.1. The lowest BCUT2D eigenvalue weighted by Gasteiger charge is -2.29. The highest BCUT2D eigenvalue weighted by Crippen LogP contribution is 2.29. The molecule has 0 radical (unpaired) electrons. The summed E-state index contributed by atoms with van der Waals surface area (Å²) in [6.45, 7) is 5.48. The van der Waals surface area contributed by atoms with Gasteiger partial charge in [-0.1, -0.05) is 50.6 Å². The average molecular weight is 265 g/mol. The van der Waals surface area contributed by atoms with E-state index in [0.29, 0.717) is 10.6 Å². The van der Waals surface area contributed by atoms with Gasteiger partial charge in [0.15, 0.2) is 0 Å². The van der Waals surface area contributed by atoms with Crippen LogP contribution in [0.1, 0.15) is 32.4 Å². The summed E-state index contributed by atoms with van der Waals surface area (Å²) in [6, 6.07) is 8.56. The third-order valence-electron chi connectivity index (χ3n) is 2.67. The van der Waals surface area contributed by atoms with Crippen LogP contribution in [0.5, 0.6) is 0 Å². The van der Waals surface area contributed by atoms with Gasteiger partial charge in [-0.3, -0.25) is 4.79 Å². The van der Waals surface area contributed by atoms with Crippen molar-refractivity contribution < 1.29 is 4.79 Å². The summed E-state index contributed by atoms with van der Waals surface area (Å²) < 4.78 is 0. The van der Waals surface area contributed by atoms with Gasteiger partial charge in [0.05, 0.1) is 6.07 Å². The Kier molecular flexibility index (Phi) is 4.37. The largest absolute Gasteiger partial charge is 0.325 e. The Morgan fingerprint density at radius 1 is 1.39 bits per heavy atom. The quantitative estimate of drug-likeness (QED) is 0.822. The van der Waals surface area contributed by atoms with Crippen molar-refractivity contribution >= 4 is 17.5 Å². The number of carbonyl (C=O) groups excluding carboxylic acids is 1. The molecule has 18 heavy (non-hydrogen) atoms. The van der Waals surface area contributed by atoms with Crippen molar-refractivity contribution in [1.29, 1.82) is 5.26 Å². The van der Waals surface area contributed by atoms with E-state index in [1.807, 2.05) is 20.8 Å². The number of carbonyl (C=O) groups is 1. The lowest BCUT2D eigenvalue weighted by atomic mass is 9.93. The molecule has 0 N–H and O–H groups in total. The smallest absolute Gasteiger partial charge is 0.229 e. The summed E-state index contributed by atoms with van der Waals surface area (Å²) in [4.78, 5) is 13.6. The van der Waals surface area contributed by atoms with Crippen LogP contribution in [0.25, 0.3) is 0 Å². The van der Waals surface area contributed by atoms with Gasteiger partial charge in [0.1, 0.15) is 6.04 Å². The molecule has 3 nitrogen and oxygen atoms in total. The van der Waals surface area contributed by atoms with Gasteiger partial charge in [-0.25, -0.2) is 0 Å². The van der Waals surface area contributed by atoms with Crippen LogP contribution in [0, 0.1) is 16.7 Å². The van der Waals surface area contributed by atoms with Crippen LogP contribution in [-0.4, -0.2) is 17.9 Å². The maximum absolute atomic E-state index is 12.2. The third-order valence-corrected chi connectivity index (χ3v) is 3.02. The summed E-state index contributed by atoms with van der Waals surface area (Å²) >= 11 is 6.07. The number of benzene rings is 1. The first-order valence-electron chi connectivity index (χ1n) is 5.70. The van der Waals surface area contributed by atoms with Crippen LogP contribution in [0.4, 0.5) is 0 Å². The van der Waals surface area contributed by atoms with Crippen molar-refractivity contribution in [3.8, 4) is 6.07 Å². The van der Waals surface area contributed by atoms with Crippen LogP contribution in [0.15, 0.2) is 24.3 Å². The first-order chi connectivity index (χ1) is 8.29. The number of hydrogen-bond acceptors (Lipinski definition) is 2. The van der Waals surface area contributed by atoms with Gasteiger partial charge in [0.2, 0.25) is 5.91 Å². The van der Waals surface area contributed by atoms with E-state index >= 15 is 0 Å². The molecule has 1 aromatic carbocycles. The molecule has 0 aliphatic heterocycles. The van der Waals surface area contributed by atoms with E-state index in [2.05, 4.69) is 6.07 Å². The van der Waals surface area contributed by atoms with Gasteiger partial charge in [0, 0.05) is 23.0 Å². The molecule has 1 aromatic rings. The highest BCUT2D eigenvalue weighted by molar-refractivity contribution is 6.31. The van der Waals surface area contributed by atoms with Gasteiger partial charge < -0.3 is 4.90 Å². The van der Waals surface area contributed by atoms with E-state index in [-0.39, 0.29) is 5.91 Å². The summed E-state index contributed by atoms with van der Waals surface area (Å²) in [5.74, 6) is -0.0889. The molecule has 0 heterocycles. The first kappa shape index (κ1) is 14.5. The van der Waals surface area contributed by atoms with Crippen molar-refractivity contribution in [3.63, 3.8) is 0 Å². The minimum Gasteiger partial charge on any atom is -0.325 e. The average Bonchev–Trinajstić information content (AvgIpc) is 2.30. The Labute approximate surface area is 113 Å².